The highest BCUT2D eigenvalue weighted by Gasteiger charge is 2.42. The number of alkyl halides is 3. The smallest absolute Gasteiger partial charge is 0.421 e. The van der Waals surface area contributed by atoms with Gasteiger partial charge < -0.3 is 25.0 Å². The highest BCUT2D eigenvalue weighted by Crippen LogP contribution is 2.37. The van der Waals surface area contributed by atoms with Gasteiger partial charge in [-0.1, -0.05) is 0 Å². The Morgan fingerprint density at radius 3 is 2.71 bits per heavy atom. The third-order valence-electron chi connectivity index (χ3n) is 5.27. The van der Waals surface area contributed by atoms with Gasteiger partial charge in [-0.15, -0.1) is 0 Å². The van der Waals surface area contributed by atoms with Crippen LogP contribution in [0.3, 0.4) is 0 Å². The molecule has 0 saturated carbocycles. The largest absolute Gasteiger partial charge is 0.492 e. The molecule has 2 aliphatic rings. The molecule has 2 aromatic rings. The van der Waals surface area contributed by atoms with Gasteiger partial charge in [0, 0.05) is 19.8 Å². The van der Waals surface area contributed by atoms with E-state index in [-0.39, 0.29) is 35.1 Å². The van der Waals surface area contributed by atoms with Crippen molar-refractivity contribution in [1.82, 2.24) is 14.9 Å². The molecule has 8 nitrogen and oxygen atoms in total. The molecule has 12 heteroatoms. The van der Waals surface area contributed by atoms with Crippen molar-refractivity contribution in [3.63, 3.8) is 0 Å². The Hall–Kier alpha value is -3.15. The van der Waals surface area contributed by atoms with Gasteiger partial charge in [0.1, 0.15) is 11.4 Å². The van der Waals surface area contributed by atoms with Crippen LogP contribution in [0.15, 0.2) is 18.3 Å². The number of anilines is 3. The van der Waals surface area contributed by atoms with Crippen molar-refractivity contribution in [2.75, 3.05) is 37.9 Å². The zero-order valence-electron chi connectivity index (χ0n) is 16.6. The molecular weight excluding hydrogens is 422 g/mol. The number of ether oxygens (including phenoxy) is 2. The number of morpholine rings is 1. The first kappa shape index (κ1) is 21.1. The molecule has 166 valence electrons. The van der Waals surface area contributed by atoms with Crippen LogP contribution in [0.1, 0.15) is 22.3 Å². The number of carbonyl (C=O) groups is 1. The minimum atomic E-state index is -4.64. The molecule has 2 saturated heterocycles. The zero-order chi connectivity index (χ0) is 22.3. The summed E-state index contributed by atoms with van der Waals surface area (Å²) < 4.78 is 64.7. The topological polar surface area (TPSA) is 88.6 Å². The lowest BCUT2D eigenvalue weighted by Crippen LogP contribution is -2.41. The van der Waals surface area contributed by atoms with Crippen LogP contribution in [0.2, 0.25) is 0 Å². The van der Waals surface area contributed by atoms with E-state index in [4.69, 9.17) is 9.47 Å². The molecule has 1 amide bonds. The van der Waals surface area contributed by atoms with Crippen LogP contribution in [0.25, 0.3) is 0 Å². The van der Waals surface area contributed by atoms with E-state index in [1.165, 1.54) is 26.3 Å². The van der Waals surface area contributed by atoms with Crippen LogP contribution in [0.4, 0.5) is 35.0 Å². The Kier molecular flexibility index (Phi) is 5.33. The molecule has 1 aromatic heterocycles. The summed E-state index contributed by atoms with van der Waals surface area (Å²) in [4.78, 5) is 21.8. The molecule has 0 unspecified atom stereocenters. The number of likely N-dealkylation sites (tertiary alicyclic amines) is 1. The minimum Gasteiger partial charge on any atom is -0.492 e. The number of halogens is 4. The van der Waals surface area contributed by atoms with Crippen LogP contribution in [-0.2, 0) is 10.9 Å². The van der Waals surface area contributed by atoms with E-state index in [1.54, 1.807) is 4.90 Å². The summed E-state index contributed by atoms with van der Waals surface area (Å²) in [6.45, 7) is 0.825. The molecule has 3 heterocycles. The predicted molar refractivity (Wildman–Crippen MR) is 102 cm³/mol. The van der Waals surface area contributed by atoms with Crippen LogP contribution in [-0.4, -0.2) is 60.2 Å². The molecule has 2 aliphatic heterocycles. The summed E-state index contributed by atoms with van der Waals surface area (Å²) in [7, 11) is 2.51. The Bertz CT molecular complexity index is 1020. The average Bonchev–Trinajstić information content (AvgIpc) is 3.36. The van der Waals surface area contributed by atoms with Crippen molar-refractivity contribution >= 4 is 23.4 Å². The van der Waals surface area contributed by atoms with Crippen molar-refractivity contribution in [3.8, 4) is 5.75 Å². The molecule has 0 spiro atoms. The number of methoxy groups -OCH3 is 1. The fraction of sp³-hybridized carbons (Fsp3) is 0.421. The molecule has 2 atom stereocenters. The van der Waals surface area contributed by atoms with Crippen LogP contribution in [0.5, 0.6) is 5.75 Å². The average molecular weight is 441 g/mol. The van der Waals surface area contributed by atoms with Crippen molar-refractivity contribution in [2.45, 2.75) is 24.7 Å². The standard InChI is InChI=1S/C19H19F4N5O3/c1-24-16-12(19(21,22)23)6-25-18(27-16)26-13-4-3-11(14(20)15(13)30-2)17(29)28-7-10-5-9(28)8-31-10/h3-4,6,9-10H,5,7-8H2,1-2H3,(H2,24,25,26,27)/t9-,10+/m0/s1. The number of rotatable bonds is 5. The van der Waals surface area contributed by atoms with Gasteiger partial charge in [0.05, 0.1) is 37.1 Å². The predicted octanol–water partition coefficient (Wildman–Crippen LogP) is 3.04. The second-order valence-electron chi connectivity index (χ2n) is 7.14. The summed E-state index contributed by atoms with van der Waals surface area (Å²) in [5.74, 6) is -2.28. The molecule has 2 bridgehead atoms. The second-order valence-corrected chi connectivity index (χ2v) is 7.14. The van der Waals surface area contributed by atoms with Crippen molar-refractivity contribution in [2.24, 2.45) is 0 Å². The molecule has 4 rings (SSSR count). The van der Waals surface area contributed by atoms with Crippen molar-refractivity contribution < 1.29 is 31.8 Å². The van der Waals surface area contributed by atoms with E-state index in [0.29, 0.717) is 19.3 Å². The first-order chi connectivity index (χ1) is 14.7. The van der Waals surface area contributed by atoms with Gasteiger partial charge in [0.15, 0.2) is 11.6 Å². The van der Waals surface area contributed by atoms with Gasteiger partial charge in [0.25, 0.3) is 5.91 Å². The van der Waals surface area contributed by atoms with E-state index < -0.39 is 29.3 Å². The van der Waals surface area contributed by atoms with Gasteiger partial charge in [-0.3, -0.25) is 4.79 Å². The van der Waals surface area contributed by atoms with E-state index in [2.05, 4.69) is 20.6 Å². The molecule has 0 aliphatic carbocycles. The van der Waals surface area contributed by atoms with Crippen LogP contribution >= 0.6 is 0 Å². The number of nitrogens with one attached hydrogen (secondary N) is 2. The Balaban J connectivity index is 1.61. The van der Waals surface area contributed by atoms with E-state index in [9.17, 15) is 18.0 Å². The second kappa shape index (κ2) is 7.84. The summed E-state index contributed by atoms with van der Waals surface area (Å²) in [5, 5.41) is 5.00. The lowest BCUT2D eigenvalue weighted by molar-refractivity contribution is -0.137. The lowest BCUT2D eigenvalue weighted by atomic mass is 10.1. The maximum atomic E-state index is 15.1. The van der Waals surface area contributed by atoms with Gasteiger partial charge in [-0.05, 0) is 18.6 Å². The summed E-state index contributed by atoms with van der Waals surface area (Å²) in [6, 6.07) is 2.60. The highest BCUT2D eigenvalue weighted by molar-refractivity contribution is 5.96. The first-order valence-corrected chi connectivity index (χ1v) is 9.41. The normalized spacial score (nSPS) is 20.1. The fourth-order valence-corrected chi connectivity index (χ4v) is 3.78. The quantitative estimate of drug-likeness (QED) is 0.690. The van der Waals surface area contributed by atoms with E-state index in [0.717, 1.165) is 6.42 Å². The number of amides is 1. The Labute approximate surface area is 174 Å². The minimum absolute atomic E-state index is 0.0296. The van der Waals surface area contributed by atoms with Gasteiger partial charge in [-0.25, -0.2) is 9.37 Å². The van der Waals surface area contributed by atoms with Gasteiger partial charge >= 0.3 is 6.18 Å². The SMILES string of the molecule is CNc1nc(Nc2ccc(C(=O)N3C[C@H]4C[C@H]3CO4)c(F)c2OC)ncc1C(F)(F)F. The molecular formula is C19H19F4N5O3. The van der Waals surface area contributed by atoms with Crippen molar-refractivity contribution in [3.05, 3.63) is 35.3 Å². The number of aromatic nitrogens is 2. The molecule has 0 radical (unpaired) electrons. The summed E-state index contributed by atoms with van der Waals surface area (Å²) >= 11 is 0. The number of fused-ring (bicyclic) bond motifs is 2. The Morgan fingerprint density at radius 2 is 2.13 bits per heavy atom. The number of hydrogen-bond donors (Lipinski definition) is 2. The molecule has 31 heavy (non-hydrogen) atoms. The number of benzene rings is 1. The van der Waals surface area contributed by atoms with Gasteiger partial charge in [-0.2, -0.15) is 18.2 Å². The highest BCUT2D eigenvalue weighted by atomic mass is 19.4. The van der Waals surface area contributed by atoms with Crippen molar-refractivity contribution in [1.29, 1.82) is 0 Å². The van der Waals surface area contributed by atoms with Gasteiger partial charge in [0.2, 0.25) is 5.95 Å². The van der Waals surface area contributed by atoms with Crippen LogP contribution < -0.4 is 15.4 Å². The number of nitrogens with zero attached hydrogens (tertiary/aromatic N) is 3. The van der Waals surface area contributed by atoms with Crippen LogP contribution in [0, 0.1) is 5.82 Å². The van der Waals surface area contributed by atoms with E-state index in [1.807, 2.05) is 0 Å². The third kappa shape index (κ3) is 3.82. The Morgan fingerprint density at radius 1 is 1.35 bits per heavy atom. The summed E-state index contributed by atoms with van der Waals surface area (Å²) in [5.41, 5.74) is -1.15. The maximum Gasteiger partial charge on any atom is 0.421 e. The summed E-state index contributed by atoms with van der Waals surface area (Å²) in [6.07, 6.45) is -3.32. The number of hydrogen-bond acceptors (Lipinski definition) is 7. The number of carbonyl (C=O) groups excluding carboxylic acids is 1. The maximum absolute atomic E-state index is 15.1. The van der Waals surface area contributed by atoms with E-state index >= 15 is 4.39 Å². The third-order valence-corrected chi connectivity index (χ3v) is 5.27. The fourth-order valence-electron chi connectivity index (χ4n) is 3.78. The molecule has 2 N–H and O–H groups in total. The first-order valence-electron chi connectivity index (χ1n) is 9.41. The monoisotopic (exact) mass is 441 g/mol. The molecule has 1 aromatic carbocycles. The molecule has 2 fully saturated rings. The zero-order valence-corrected chi connectivity index (χ0v) is 16.6. The lowest BCUT2D eigenvalue weighted by Gasteiger charge is -2.27.